The van der Waals surface area contributed by atoms with Gasteiger partial charge in [0.15, 0.2) is 11.5 Å². The van der Waals surface area contributed by atoms with E-state index >= 15 is 0 Å². The molecule has 0 unspecified atom stereocenters. The van der Waals surface area contributed by atoms with Crippen molar-refractivity contribution in [2.24, 2.45) is 0 Å². The number of carbonyl (C=O) groups is 1. The Hall–Kier alpha value is -2.76. The molecule has 1 aliphatic rings. The molecule has 2 heterocycles. The predicted octanol–water partition coefficient (Wildman–Crippen LogP) is 2.29. The van der Waals surface area contributed by atoms with Crippen LogP contribution in [0.5, 0.6) is 11.5 Å². The molecule has 0 saturated carbocycles. The van der Waals surface area contributed by atoms with Crippen LogP contribution in [0.4, 0.5) is 11.5 Å². The van der Waals surface area contributed by atoms with Crippen molar-refractivity contribution in [1.29, 1.82) is 0 Å². The van der Waals surface area contributed by atoms with Crippen molar-refractivity contribution in [3.8, 4) is 11.5 Å². The van der Waals surface area contributed by atoms with Crippen molar-refractivity contribution >= 4 is 17.5 Å². The molecular weight excluding hydrogens is 260 g/mol. The highest BCUT2D eigenvalue weighted by molar-refractivity contribution is 5.87. The minimum absolute atomic E-state index is 0.151. The summed E-state index contributed by atoms with van der Waals surface area (Å²) in [6.45, 7) is 1.08. The van der Waals surface area contributed by atoms with E-state index in [4.69, 9.17) is 14.6 Å². The predicted molar refractivity (Wildman–Crippen MR) is 71.9 cm³/mol. The molecule has 0 fully saturated rings. The van der Waals surface area contributed by atoms with Gasteiger partial charge in [0.1, 0.15) is 19.0 Å². The third-order valence-corrected chi connectivity index (χ3v) is 2.83. The number of carboxylic acid groups (broad SMARTS) is 1. The minimum atomic E-state index is -0.997. The van der Waals surface area contributed by atoms with Crippen molar-refractivity contribution in [1.82, 2.24) is 4.98 Å². The second kappa shape index (κ2) is 5.08. The van der Waals surface area contributed by atoms with Crippen LogP contribution in [0, 0.1) is 0 Å². The number of nitrogens with zero attached hydrogens (tertiary/aromatic N) is 1. The third kappa shape index (κ3) is 2.49. The first-order valence-electron chi connectivity index (χ1n) is 6.08. The van der Waals surface area contributed by atoms with Gasteiger partial charge in [-0.25, -0.2) is 9.78 Å². The number of fused-ring (bicyclic) bond motifs is 1. The fourth-order valence-corrected chi connectivity index (χ4v) is 1.86. The van der Waals surface area contributed by atoms with Gasteiger partial charge in [0.05, 0.1) is 5.56 Å². The number of ether oxygens (including phenoxy) is 2. The van der Waals surface area contributed by atoms with Crippen LogP contribution < -0.4 is 14.8 Å². The van der Waals surface area contributed by atoms with E-state index in [0.717, 1.165) is 11.4 Å². The molecule has 6 heteroatoms. The first-order valence-corrected chi connectivity index (χ1v) is 6.08. The van der Waals surface area contributed by atoms with E-state index < -0.39 is 5.97 Å². The van der Waals surface area contributed by atoms with Gasteiger partial charge in [-0.1, -0.05) is 0 Å². The number of aromatic nitrogens is 1. The molecule has 2 aromatic rings. The third-order valence-electron chi connectivity index (χ3n) is 2.83. The summed E-state index contributed by atoms with van der Waals surface area (Å²) in [6.07, 6.45) is 1.31. The molecule has 20 heavy (non-hydrogen) atoms. The largest absolute Gasteiger partial charge is 0.486 e. The maximum Gasteiger partial charge on any atom is 0.337 e. The monoisotopic (exact) mass is 272 g/mol. The molecule has 0 atom stereocenters. The van der Waals surface area contributed by atoms with Crippen molar-refractivity contribution in [3.63, 3.8) is 0 Å². The van der Waals surface area contributed by atoms with Crippen LogP contribution in [0.25, 0.3) is 0 Å². The number of hydrogen-bond donors (Lipinski definition) is 2. The van der Waals surface area contributed by atoms with Gasteiger partial charge in [-0.3, -0.25) is 0 Å². The van der Waals surface area contributed by atoms with Crippen molar-refractivity contribution in [2.75, 3.05) is 18.5 Å². The summed E-state index contributed by atoms with van der Waals surface area (Å²) >= 11 is 0. The Kier molecular flexibility index (Phi) is 3.12. The molecule has 6 nitrogen and oxygen atoms in total. The molecule has 2 N–H and O–H groups in total. The number of hydrogen-bond acceptors (Lipinski definition) is 5. The normalized spacial score (nSPS) is 12.8. The maximum absolute atomic E-state index is 10.7. The number of anilines is 2. The molecule has 0 spiro atoms. The zero-order chi connectivity index (χ0) is 13.9. The second-order valence-corrected chi connectivity index (χ2v) is 4.22. The number of benzene rings is 1. The van der Waals surface area contributed by atoms with Gasteiger partial charge in [-0.2, -0.15) is 0 Å². The van der Waals surface area contributed by atoms with E-state index in [-0.39, 0.29) is 5.56 Å². The number of pyridine rings is 1. The van der Waals surface area contributed by atoms with Gasteiger partial charge in [0.2, 0.25) is 0 Å². The van der Waals surface area contributed by atoms with E-state index in [0.29, 0.717) is 24.8 Å². The standard InChI is InChI=1S/C14H12N2O4/c17-14(18)9-1-4-13(15-8-9)16-10-2-3-11-12(7-10)20-6-5-19-11/h1-4,7-8H,5-6H2,(H,15,16)(H,17,18). The molecule has 0 radical (unpaired) electrons. The van der Waals surface area contributed by atoms with E-state index in [9.17, 15) is 4.79 Å². The molecule has 3 rings (SSSR count). The van der Waals surface area contributed by atoms with Crippen LogP contribution >= 0.6 is 0 Å². The zero-order valence-corrected chi connectivity index (χ0v) is 10.5. The van der Waals surface area contributed by atoms with Gasteiger partial charge in [0.25, 0.3) is 0 Å². The molecule has 0 amide bonds. The summed E-state index contributed by atoms with van der Waals surface area (Å²) in [5, 5.41) is 11.9. The lowest BCUT2D eigenvalue weighted by molar-refractivity contribution is 0.0696. The van der Waals surface area contributed by atoms with Gasteiger partial charge >= 0.3 is 5.97 Å². The molecule has 1 aliphatic heterocycles. The SMILES string of the molecule is O=C(O)c1ccc(Nc2ccc3c(c2)OCCO3)nc1. The first-order chi connectivity index (χ1) is 9.72. The van der Waals surface area contributed by atoms with Crippen molar-refractivity contribution in [3.05, 3.63) is 42.1 Å². The number of carboxylic acids is 1. The van der Waals surface area contributed by atoms with E-state index in [1.165, 1.54) is 12.3 Å². The quantitative estimate of drug-likeness (QED) is 0.892. The molecule has 0 aliphatic carbocycles. The summed E-state index contributed by atoms with van der Waals surface area (Å²) in [6, 6.07) is 8.60. The van der Waals surface area contributed by atoms with Crippen molar-refractivity contribution < 1.29 is 19.4 Å². The maximum atomic E-state index is 10.7. The molecule has 0 bridgehead atoms. The van der Waals surface area contributed by atoms with E-state index in [2.05, 4.69) is 10.3 Å². The van der Waals surface area contributed by atoms with Crippen LogP contribution in [-0.2, 0) is 0 Å². The summed E-state index contributed by atoms with van der Waals surface area (Å²) in [5.41, 5.74) is 0.947. The lowest BCUT2D eigenvalue weighted by Crippen LogP contribution is -2.15. The fourth-order valence-electron chi connectivity index (χ4n) is 1.86. The topological polar surface area (TPSA) is 80.7 Å². The average molecular weight is 272 g/mol. The summed E-state index contributed by atoms with van der Waals surface area (Å²) < 4.78 is 10.9. The van der Waals surface area contributed by atoms with Crippen LogP contribution in [0.1, 0.15) is 10.4 Å². The van der Waals surface area contributed by atoms with Gasteiger partial charge in [-0.15, -0.1) is 0 Å². The van der Waals surface area contributed by atoms with E-state index in [1.54, 1.807) is 6.07 Å². The summed E-state index contributed by atoms with van der Waals surface area (Å²) in [5.74, 6) is 0.967. The molecule has 1 aromatic carbocycles. The lowest BCUT2D eigenvalue weighted by Gasteiger charge is -2.19. The lowest BCUT2D eigenvalue weighted by atomic mass is 10.2. The zero-order valence-electron chi connectivity index (χ0n) is 10.5. The summed E-state index contributed by atoms with van der Waals surface area (Å²) in [7, 11) is 0. The number of nitrogens with one attached hydrogen (secondary N) is 1. The highest BCUT2D eigenvalue weighted by Crippen LogP contribution is 2.33. The summed E-state index contributed by atoms with van der Waals surface area (Å²) in [4.78, 5) is 14.8. The van der Waals surface area contributed by atoms with Gasteiger partial charge in [0, 0.05) is 18.0 Å². The Labute approximate surface area is 115 Å². The van der Waals surface area contributed by atoms with Crippen LogP contribution in [0.2, 0.25) is 0 Å². The van der Waals surface area contributed by atoms with Crippen LogP contribution in [0.15, 0.2) is 36.5 Å². The van der Waals surface area contributed by atoms with Crippen LogP contribution in [0.3, 0.4) is 0 Å². The van der Waals surface area contributed by atoms with Gasteiger partial charge < -0.3 is 19.9 Å². The van der Waals surface area contributed by atoms with E-state index in [1.807, 2.05) is 18.2 Å². The van der Waals surface area contributed by atoms with Crippen molar-refractivity contribution in [2.45, 2.75) is 0 Å². The Morgan fingerprint density at radius 3 is 2.65 bits per heavy atom. The molecule has 0 saturated heterocycles. The minimum Gasteiger partial charge on any atom is -0.486 e. The molecule has 1 aromatic heterocycles. The Morgan fingerprint density at radius 1 is 1.15 bits per heavy atom. The van der Waals surface area contributed by atoms with Gasteiger partial charge in [-0.05, 0) is 24.3 Å². The Balaban J connectivity index is 1.78. The second-order valence-electron chi connectivity index (χ2n) is 4.22. The highest BCUT2D eigenvalue weighted by Gasteiger charge is 2.12. The Bertz CT molecular complexity index is 640. The smallest absolute Gasteiger partial charge is 0.337 e. The molecule has 102 valence electrons. The first kappa shape index (κ1) is 12.3. The number of aromatic carboxylic acids is 1. The van der Waals surface area contributed by atoms with Crippen LogP contribution in [-0.4, -0.2) is 29.3 Å². The number of rotatable bonds is 3. The average Bonchev–Trinajstić information content (AvgIpc) is 2.48. The highest BCUT2D eigenvalue weighted by atomic mass is 16.6. The Morgan fingerprint density at radius 2 is 1.95 bits per heavy atom. The molecular formula is C14H12N2O4. The fraction of sp³-hybridized carbons (Fsp3) is 0.143.